The van der Waals surface area contributed by atoms with Crippen LogP contribution in [0.15, 0.2) is 57.3 Å². The molecule has 0 saturated carbocycles. The standard InChI is InChI=1S/C20H24O5/c1-13(2)16(21)8-5-14(3)11-12-24-17-9-6-15-7-10-18(22)25-19(15)20(17)23-4/h6-7,9-11,16,21H,1,5,8,12H2,2-4H3/t16-/m0/s1. The highest BCUT2D eigenvalue weighted by molar-refractivity contribution is 5.85. The van der Waals surface area contributed by atoms with Crippen molar-refractivity contribution in [1.82, 2.24) is 0 Å². The predicted octanol–water partition coefficient (Wildman–Crippen LogP) is 3.84. The van der Waals surface area contributed by atoms with Crippen molar-refractivity contribution in [2.24, 2.45) is 0 Å². The Bertz CT molecular complexity index is 832. The van der Waals surface area contributed by atoms with Crippen LogP contribution in [0.3, 0.4) is 0 Å². The van der Waals surface area contributed by atoms with Gasteiger partial charge in [0.15, 0.2) is 11.3 Å². The summed E-state index contributed by atoms with van der Waals surface area (Å²) in [5.41, 5.74) is 1.82. The zero-order chi connectivity index (χ0) is 18.4. The van der Waals surface area contributed by atoms with E-state index in [1.807, 2.05) is 26.0 Å². The molecule has 0 saturated heterocycles. The van der Waals surface area contributed by atoms with E-state index in [-0.39, 0.29) is 0 Å². The summed E-state index contributed by atoms with van der Waals surface area (Å²) in [7, 11) is 1.51. The van der Waals surface area contributed by atoms with Crippen molar-refractivity contribution in [2.75, 3.05) is 13.7 Å². The molecule has 0 bridgehead atoms. The van der Waals surface area contributed by atoms with Crippen LogP contribution in [-0.4, -0.2) is 24.9 Å². The van der Waals surface area contributed by atoms with E-state index in [2.05, 4.69) is 6.58 Å². The van der Waals surface area contributed by atoms with E-state index < -0.39 is 11.7 Å². The quantitative estimate of drug-likeness (QED) is 0.582. The Morgan fingerprint density at radius 1 is 1.32 bits per heavy atom. The molecule has 5 nitrogen and oxygen atoms in total. The van der Waals surface area contributed by atoms with E-state index >= 15 is 0 Å². The highest BCUT2D eigenvalue weighted by atomic mass is 16.5. The fourth-order valence-corrected chi connectivity index (χ4v) is 2.38. The van der Waals surface area contributed by atoms with E-state index in [0.29, 0.717) is 30.1 Å². The lowest BCUT2D eigenvalue weighted by atomic mass is 10.0. The van der Waals surface area contributed by atoms with Crippen LogP contribution in [0.2, 0.25) is 0 Å². The molecule has 0 fully saturated rings. The number of methoxy groups -OCH3 is 1. The molecule has 1 heterocycles. The summed E-state index contributed by atoms with van der Waals surface area (Å²) in [6, 6.07) is 6.66. The van der Waals surface area contributed by atoms with Gasteiger partial charge in [0.05, 0.1) is 13.2 Å². The Kier molecular flexibility index (Phi) is 6.42. The zero-order valence-corrected chi connectivity index (χ0v) is 14.9. The molecule has 0 spiro atoms. The van der Waals surface area contributed by atoms with Crippen molar-refractivity contribution in [1.29, 1.82) is 0 Å². The molecule has 0 radical (unpaired) electrons. The molecule has 0 amide bonds. The van der Waals surface area contributed by atoms with E-state index in [0.717, 1.165) is 23.0 Å². The molecule has 1 aromatic carbocycles. The van der Waals surface area contributed by atoms with Crippen molar-refractivity contribution in [2.45, 2.75) is 32.8 Å². The molecule has 2 rings (SSSR count). The van der Waals surface area contributed by atoms with Gasteiger partial charge in [-0.25, -0.2) is 4.79 Å². The Labute approximate surface area is 147 Å². The molecule has 1 atom stereocenters. The topological polar surface area (TPSA) is 68.9 Å². The number of allylic oxidation sites excluding steroid dienone is 1. The van der Waals surface area contributed by atoms with Gasteiger partial charge in [0.1, 0.15) is 6.61 Å². The summed E-state index contributed by atoms with van der Waals surface area (Å²) in [5, 5.41) is 10.5. The second kappa shape index (κ2) is 8.53. The lowest BCUT2D eigenvalue weighted by Gasteiger charge is -2.12. The van der Waals surface area contributed by atoms with Crippen LogP contribution < -0.4 is 15.1 Å². The van der Waals surface area contributed by atoms with Gasteiger partial charge < -0.3 is 19.0 Å². The van der Waals surface area contributed by atoms with Crippen molar-refractivity contribution in [3.8, 4) is 11.5 Å². The summed E-state index contributed by atoms with van der Waals surface area (Å²) in [5.74, 6) is 0.911. The van der Waals surface area contributed by atoms with Crippen molar-refractivity contribution in [3.63, 3.8) is 0 Å². The third-order valence-electron chi connectivity index (χ3n) is 3.96. The minimum Gasteiger partial charge on any atom is -0.490 e. The van der Waals surface area contributed by atoms with Gasteiger partial charge in [-0.2, -0.15) is 0 Å². The van der Waals surface area contributed by atoms with Gasteiger partial charge in [-0.1, -0.05) is 17.7 Å². The van der Waals surface area contributed by atoms with Crippen LogP contribution in [0.5, 0.6) is 11.5 Å². The van der Waals surface area contributed by atoms with Gasteiger partial charge in [-0.15, -0.1) is 0 Å². The first kappa shape index (κ1) is 18.8. The van der Waals surface area contributed by atoms with Gasteiger partial charge in [0.25, 0.3) is 0 Å². The van der Waals surface area contributed by atoms with Crippen molar-refractivity contribution >= 4 is 11.0 Å². The molecule has 0 unspecified atom stereocenters. The van der Waals surface area contributed by atoms with Gasteiger partial charge in [0.2, 0.25) is 5.75 Å². The Balaban J connectivity index is 2.06. The maximum Gasteiger partial charge on any atom is 0.336 e. The highest BCUT2D eigenvalue weighted by Gasteiger charge is 2.12. The number of aliphatic hydroxyl groups is 1. The summed E-state index contributed by atoms with van der Waals surface area (Å²) >= 11 is 0. The van der Waals surface area contributed by atoms with Gasteiger partial charge >= 0.3 is 5.63 Å². The van der Waals surface area contributed by atoms with E-state index in [9.17, 15) is 9.90 Å². The molecular weight excluding hydrogens is 320 g/mol. The van der Waals surface area contributed by atoms with Crippen LogP contribution in [0.25, 0.3) is 11.0 Å². The molecule has 2 aromatic rings. The minimum absolute atomic E-state index is 0.355. The number of rotatable bonds is 8. The molecule has 5 heteroatoms. The average Bonchev–Trinajstić information content (AvgIpc) is 2.59. The van der Waals surface area contributed by atoms with Crippen molar-refractivity contribution in [3.05, 3.63) is 58.5 Å². The Morgan fingerprint density at radius 2 is 2.04 bits per heavy atom. The summed E-state index contributed by atoms with van der Waals surface area (Å²) in [4.78, 5) is 11.4. The summed E-state index contributed by atoms with van der Waals surface area (Å²) < 4.78 is 16.3. The summed E-state index contributed by atoms with van der Waals surface area (Å²) in [6.45, 7) is 7.91. The second-order valence-electron chi connectivity index (χ2n) is 6.03. The van der Waals surface area contributed by atoms with E-state index in [4.69, 9.17) is 13.9 Å². The molecule has 25 heavy (non-hydrogen) atoms. The van der Waals surface area contributed by atoms with Crippen LogP contribution >= 0.6 is 0 Å². The van der Waals surface area contributed by atoms with Gasteiger partial charge in [-0.3, -0.25) is 0 Å². The smallest absolute Gasteiger partial charge is 0.336 e. The normalized spacial score (nSPS) is 12.9. The second-order valence-corrected chi connectivity index (χ2v) is 6.03. The van der Waals surface area contributed by atoms with Crippen LogP contribution in [0, 0.1) is 0 Å². The molecule has 1 aromatic heterocycles. The lowest BCUT2D eigenvalue weighted by molar-refractivity contribution is 0.201. The highest BCUT2D eigenvalue weighted by Crippen LogP contribution is 2.34. The first-order valence-electron chi connectivity index (χ1n) is 8.15. The van der Waals surface area contributed by atoms with Crippen molar-refractivity contribution < 1.29 is 19.0 Å². The van der Waals surface area contributed by atoms with Crippen LogP contribution in [-0.2, 0) is 0 Å². The third-order valence-corrected chi connectivity index (χ3v) is 3.96. The maximum absolute atomic E-state index is 11.4. The lowest BCUT2D eigenvalue weighted by Crippen LogP contribution is -2.07. The fraction of sp³-hybridized carbons (Fsp3) is 0.350. The third kappa shape index (κ3) is 4.97. The Morgan fingerprint density at radius 3 is 2.72 bits per heavy atom. The van der Waals surface area contributed by atoms with Crippen LogP contribution in [0.1, 0.15) is 26.7 Å². The number of aliphatic hydroxyl groups excluding tert-OH is 1. The number of benzene rings is 1. The monoisotopic (exact) mass is 344 g/mol. The molecule has 0 aliphatic rings. The predicted molar refractivity (Wildman–Crippen MR) is 98.3 cm³/mol. The molecule has 134 valence electrons. The fourth-order valence-electron chi connectivity index (χ4n) is 2.38. The van der Waals surface area contributed by atoms with E-state index in [1.165, 1.54) is 13.2 Å². The number of ether oxygens (including phenoxy) is 2. The largest absolute Gasteiger partial charge is 0.490 e. The minimum atomic E-state index is -0.479. The number of hydrogen-bond donors (Lipinski definition) is 1. The first-order chi connectivity index (χ1) is 11.9. The Hall–Kier alpha value is -2.53. The first-order valence-corrected chi connectivity index (χ1v) is 8.15. The molecule has 1 N–H and O–H groups in total. The maximum atomic E-state index is 11.4. The molecule has 0 aliphatic heterocycles. The zero-order valence-electron chi connectivity index (χ0n) is 14.9. The van der Waals surface area contributed by atoms with Gasteiger partial charge in [-0.05, 0) is 51.0 Å². The van der Waals surface area contributed by atoms with E-state index in [1.54, 1.807) is 12.1 Å². The number of hydrogen-bond acceptors (Lipinski definition) is 5. The average molecular weight is 344 g/mol. The molecular formula is C20H24O5. The van der Waals surface area contributed by atoms with Gasteiger partial charge in [0, 0.05) is 11.5 Å². The molecule has 0 aliphatic carbocycles. The number of fused-ring (bicyclic) bond motifs is 1. The summed E-state index contributed by atoms with van der Waals surface area (Å²) in [6.07, 6.45) is 2.88. The SMILES string of the molecule is C=C(C)[C@@H](O)CCC(C)=CCOc1ccc2ccc(=O)oc2c1OC. The van der Waals surface area contributed by atoms with Crippen LogP contribution in [0.4, 0.5) is 0 Å².